The van der Waals surface area contributed by atoms with Crippen molar-refractivity contribution in [3.8, 4) is 0 Å². The van der Waals surface area contributed by atoms with E-state index in [2.05, 4.69) is 19.2 Å². The van der Waals surface area contributed by atoms with Crippen molar-refractivity contribution in [2.75, 3.05) is 12.9 Å². The Labute approximate surface area is 102 Å². The molecule has 0 aliphatic heterocycles. The molecule has 1 N–H and O–H groups in total. The van der Waals surface area contributed by atoms with E-state index in [4.69, 9.17) is 11.6 Å². The lowest BCUT2D eigenvalue weighted by Crippen LogP contribution is -2.45. The van der Waals surface area contributed by atoms with Gasteiger partial charge >= 0.3 is 6.03 Å². The number of carbonyl (C=O) groups excluding carboxylic acids is 2. The lowest BCUT2D eigenvalue weighted by atomic mass is 10.0. The number of halogens is 1. The number of rotatable bonds is 5. The molecule has 0 radical (unpaired) electrons. The van der Waals surface area contributed by atoms with Gasteiger partial charge in [0, 0.05) is 25.4 Å². The van der Waals surface area contributed by atoms with Crippen molar-refractivity contribution in [2.45, 2.75) is 39.7 Å². The summed E-state index contributed by atoms with van der Waals surface area (Å²) in [5, 5.41) is 2.30. The molecule has 4 nitrogen and oxygen atoms in total. The first kappa shape index (κ1) is 15.2. The van der Waals surface area contributed by atoms with Crippen molar-refractivity contribution < 1.29 is 9.59 Å². The predicted octanol–water partition coefficient (Wildman–Crippen LogP) is 2.22. The van der Waals surface area contributed by atoms with Gasteiger partial charge in [0.25, 0.3) is 0 Å². The Morgan fingerprint density at radius 3 is 2.31 bits per heavy atom. The fourth-order valence-electron chi connectivity index (χ4n) is 1.40. The number of hydrogen-bond acceptors (Lipinski definition) is 2. The fraction of sp³-hybridized carbons (Fsp3) is 0.818. The summed E-state index contributed by atoms with van der Waals surface area (Å²) in [7, 11) is 1.69. The van der Waals surface area contributed by atoms with Gasteiger partial charge in [-0.05, 0) is 19.3 Å². The summed E-state index contributed by atoms with van der Waals surface area (Å²) >= 11 is 5.41. The Morgan fingerprint density at radius 1 is 1.31 bits per heavy atom. The minimum Gasteiger partial charge on any atom is -0.325 e. The largest absolute Gasteiger partial charge is 0.325 e. The van der Waals surface area contributed by atoms with Crippen molar-refractivity contribution in [1.29, 1.82) is 0 Å². The van der Waals surface area contributed by atoms with Crippen molar-refractivity contribution in [1.82, 2.24) is 10.2 Å². The van der Waals surface area contributed by atoms with Crippen LogP contribution >= 0.6 is 11.6 Å². The summed E-state index contributed by atoms with van der Waals surface area (Å²) in [4.78, 5) is 24.3. The Bertz CT molecular complexity index is 244. The van der Waals surface area contributed by atoms with Crippen molar-refractivity contribution >= 4 is 23.5 Å². The van der Waals surface area contributed by atoms with Crippen molar-refractivity contribution in [2.24, 2.45) is 5.92 Å². The smallest absolute Gasteiger partial charge is 0.324 e. The molecule has 0 heterocycles. The first-order chi connectivity index (χ1) is 7.38. The van der Waals surface area contributed by atoms with E-state index >= 15 is 0 Å². The number of hydrogen-bond donors (Lipinski definition) is 1. The van der Waals surface area contributed by atoms with Gasteiger partial charge in [0.15, 0.2) is 0 Å². The van der Waals surface area contributed by atoms with Gasteiger partial charge in [-0.3, -0.25) is 10.1 Å². The zero-order valence-electron chi connectivity index (χ0n) is 10.4. The van der Waals surface area contributed by atoms with E-state index in [1.807, 2.05) is 6.92 Å². The third kappa shape index (κ3) is 5.95. The van der Waals surface area contributed by atoms with Crippen LogP contribution in [0.15, 0.2) is 0 Å². The molecule has 1 unspecified atom stereocenters. The van der Waals surface area contributed by atoms with Gasteiger partial charge in [0.2, 0.25) is 5.91 Å². The molecule has 0 aliphatic carbocycles. The number of amides is 3. The Balaban J connectivity index is 4.12. The van der Waals surface area contributed by atoms with Crippen LogP contribution in [0, 0.1) is 5.92 Å². The molecule has 0 aromatic carbocycles. The molecule has 0 aromatic heterocycles. The van der Waals surface area contributed by atoms with Crippen LogP contribution in [0.1, 0.15) is 33.6 Å². The SMILES string of the molecule is CC(C)CC(C)N(C)C(=O)NC(=O)CCCl. The van der Waals surface area contributed by atoms with E-state index < -0.39 is 0 Å². The summed E-state index contributed by atoms with van der Waals surface area (Å²) in [5.74, 6) is 0.414. The van der Waals surface area contributed by atoms with E-state index in [0.29, 0.717) is 5.92 Å². The first-order valence-corrected chi connectivity index (χ1v) is 6.04. The molecular weight excluding hydrogens is 228 g/mol. The number of nitrogens with one attached hydrogen (secondary N) is 1. The third-order valence-corrected chi connectivity index (χ3v) is 2.55. The second kappa shape index (κ2) is 7.49. The Kier molecular flexibility index (Phi) is 7.13. The van der Waals surface area contributed by atoms with Crippen molar-refractivity contribution in [3.05, 3.63) is 0 Å². The van der Waals surface area contributed by atoms with Crippen LogP contribution in [0.2, 0.25) is 0 Å². The van der Waals surface area contributed by atoms with E-state index in [1.165, 1.54) is 0 Å². The minimum atomic E-state index is -0.358. The molecule has 1 atom stereocenters. The molecular formula is C11H21ClN2O2. The van der Waals surface area contributed by atoms with Crippen LogP contribution in [0.3, 0.4) is 0 Å². The van der Waals surface area contributed by atoms with E-state index in [0.717, 1.165) is 6.42 Å². The molecule has 0 saturated carbocycles. The highest BCUT2D eigenvalue weighted by Crippen LogP contribution is 2.09. The van der Waals surface area contributed by atoms with E-state index in [1.54, 1.807) is 11.9 Å². The maximum atomic E-state index is 11.6. The number of alkyl halides is 1. The molecule has 5 heteroatoms. The highest BCUT2D eigenvalue weighted by Gasteiger charge is 2.18. The van der Waals surface area contributed by atoms with E-state index in [9.17, 15) is 9.59 Å². The maximum absolute atomic E-state index is 11.6. The normalized spacial score (nSPS) is 12.4. The average molecular weight is 249 g/mol. The Morgan fingerprint density at radius 2 is 1.88 bits per heavy atom. The van der Waals surface area contributed by atoms with Gasteiger partial charge in [-0.1, -0.05) is 13.8 Å². The van der Waals surface area contributed by atoms with Crippen LogP contribution in [-0.2, 0) is 4.79 Å². The van der Waals surface area contributed by atoms with Gasteiger partial charge in [-0.15, -0.1) is 11.6 Å². The summed E-state index contributed by atoms with van der Waals surface area (Å²) in [5.41, 5.74) is 0. The third-order valence-electron chi connectivity index (χ3n) is 2.36. The molecule has 0 aromatic rings. The van der Waals surface area contributed by atoms with Gasteiger partial charge in [0.1, 0.15) is 0 Å². The van der Waals surface area contributed by atoms with Crippen LogP contribution in [0.4, 0.5) is 4.79 Å². The van der Waals surface area contributed by atoms with Crippen LogP contribution < -0.4 is 5.32 Å². The number of nitrogens with zero attached hydrogens (tertiary/aromatic N) is 1. The van der Waals surface area contributed by atoms with Crippen LogP contribution in [0.25, 0.3) is 0 Å². The second-order valence-corrected chi connectivity index (χ2v) is 4.76. The molecule has 0 rings (SSSR count). The number of urea groups is 1. The molecule has 94 valence electrons. The minimum absolute atomic E-state index is 0.115. The zero-order valence-corrected chi connectivity index (χ0v) is 11.2. The fourth-order valence-corrected chi connectivity index (χ4v) is 1.57. The molecule has 16 heavy (non-hydrogen) atoms. The van der Waals surface area contributed by atoms with Gasteiger partial charge < -0.3 is 4.90 Å². The molecule has 0 aliphatic rings. The standard InChI is InChI=1S/C11H21ClN2O2/c1-8(2)7-9(3)14(4)11(16)13-10(15)5-6-12/h8-9H,5-7H2,1-4H3,(H,13,15,16). The van der Waals surface area contributed by atoms with Gasteiger partial charge in [-0.25, -0.2) is 4.79 Å². The van der Waals surface area contributed by atoms with Gasteiger partial charge in [0.05, 0.1) is 0 Å². The topological polar surface area (TPSA) is 49.4 Å². The molecule has 0 fully saturated rings. The second-order valence-electron chi connectivity index (χ2n) is 4.38. The monoisotopic (exact) mass is 248 g/mol. The van der Waals surface area contributed by atoms with Crippen LogP contribution in [0.5, 0.6) is 0 Å². The quantitative estimate of drug-likeness (QED) is 0.759. The number of imide groups is 1. The molecule has 0 spiro atoms. The van der Waals surface area contributed by atoms with Crippen LogP contribution in [-0.4, -0.2) is 35.8 Å². The average Bonchev–Trinajstić information content (AvgIpc) is 2.15. The highest BCUT2D eigenvalue weighted by molar-refractivity contribution is 6.19. The Hall–Kier alpha value is -0.770. The summed E-state index contributed by atoms with van der Waals surface area (Å²) in [6.07, 6.45) is 1.08. The summed E-state index contributed by atoms with van der Waals surface area (Å²) in [6.45, 7) is 6.16. The summed E-state index contributed by atoms with van der Waals surface area (Å²) in [6, 6.07) is -0.243. The van der Waals surface area contributed by atoms with Crippen molar-refractivity contribution in [3.63, 3.8) is 0 Å². The van der Waals surface area contributed by atoms with Gasteiger partial charge in [-0.2, -0.15) is 0 Å². The number of carbonyl (C=O) groups is 2. The predicted molar refractivity (Wildman–Crippen MR) is 65.6 cm³/mol. The lowest BCUT2D eigenvalue weighted by molar-refractivity contribution is -0.119. The zero-order chi connectivity index (χ0) is 12.7. The summed E-state index contributed by atoms with van der Waals surface area (Å²) < 4.78 is 0. The highest BCUT2D eigenvalue weighted by atomic mass is 35.5. The first-order valence-electron chi connectivity index (χ1n) is 5.51. The van der Waals surface area contributed by atoms with E-state index in [-0.39, 0.29) is 30.3 Å². The molecule has 0 saturated heterocycles. The maximum Gasteiger partial charge on any atom is 0.324 e. The lowest BCUT2D eigenvalue weighted by Gasteiger charge is -2.26. The molecule has 3 amide bonds. The molecule has 0 bridgehead atoms.